The van der Waals surface area contributed by atoms with Crippen LogP contribution in [0.15, 0.2) is 6.20 Å². The molecule has 1 heterocycles. The number of rotatable bonds is 4. The third-order valence-electron chi connectivity index (χ3n) is 1.85. The molecule has 1 aromatic heterocycles. The number of nitrogens with one attached hydrogen (secondary N) is 1. The normalized spacial score (nSPS) is 11.5. The van der Waals surface area contributed by atoms with Crippen LogP contribution in [0, 0.1) is 6.92 Å². The van der Waals surface area contributed by atoms with Crippen LogP contribution in [0.3, 0.4) is 0 Å². The first-order valence-electron chi connectivity index (χ1n) is 4.23. The molecule has 7 heteroatoms. The first-order chi connectivity index (χ1) is 6.95. The fraction of sp³-hybridized carbons (Fsp3) is 0.500. The van der Waals surface area contributed by atoms with Crippen molar-refractivity contribution in [2.24, 2.45) is 0 Å². The van der Waals surface area contributed by atoms with Crippen molar-refractivity contribution in [2.75, 3.05) is 6.54 Å². The second-order valence-corrected chi connectivity index (χ2v) is 2.94. The van der Waals surface area contributed by atoms with Crippen molar-refractivity contribution in [2.45, 2.75) is 19.6 Å². The van der Waals surface area contributed by atoms with Crippen molar-refractivity contribution in [3.8, 4) is 0 Å². The number of carbonyl (C=O) groups excluding carboxylic acids is 1. The van der Waals surface area contributed by atoms with Gasteiger partial charge >= 0.3 is 6.18 Å². The Morgan fingerprint density at radius 3 is 2.73 bits per heavy atom. The van der Waals surface area contributed by atoms with E-state index in [0.29, 0.717) is 6.41 Å². The molecule has 1 aromatic rings. The van der Waals surface area contributed by atoms with Crippen LogP contribution in [0.4, 0.5) is 13.2 Å². The molecule has 0 aliphatic rings. The number of nitrogens with zero attached hydrogens (tertiary/aromatic N) is 2. The fourth-order valence-corrected chi connectivity index (χ4v) is 1.12. The average molecular weight is 221 g/mol. The van der Waals surface area contributed by atoms with Gasteiger partial charge < -0.3 is 9.88 Å². The van der Waals surface area contributed by atoms with E-state index in [4.69, 9.17) is 0 Å². The molecular weight excluding hydrogens is 211 g/mol. The molecule has 0 aromatic carbocycles. The van der Waals surface area contributed by atoms with E-state index in [1.54, 1.807) is 0 Å². The molecule has 0 aliphatic heterocycles. The lowest BCUT2D eigenvalue weighted by Crippen LogP contribution is -2.18. The van der Waals surface area contributed by atoms with Gasteiger partial charge in [-0.1, -0.05) is 0 Å². The van der Waals surface area contributed by atoms with Gasteiger partial charge in [-0.3, -0.25) is 4.79 Å². The topological polar surface area (TPSA) is 46.9 Å². The van der Waals surface area contributed by atoms with Gasteiger partial charge in [0.1, 0.15) is 5.82 Å². The van der Waals surface area contributed by atoms with Gasteiger partial charge in [0, 0.05) is 19.3 Å². The third kappa shape index (κ3) is 2.97. The molecule has 1 rings (SSSR count). The predicted octanol–water partition coefficient (Wildman–Crippen LogP) is 0.956. The minimum atomic E-state index is -4.42. The van der Waals surface area contributed by atoms with Crippen LogP contribution in [0.1, 0.15) is 11.5 Å². The molecule has 1 amide bonds. The molecule has 0 atom stereocenters. The van der Waals surface area contributed by atoms with E-state index in [-0.39, 0.29) is 18.9 Å². The Labute approximate surface area is 84.1 Å². The highest BCUT2D eigenvalue weighted by Crippen LogP contribution is 2.28. The lowest BCUT2D eigenvalue weighted by molar-refractivity contribution is -0.141. The Morgan fingerprint density at radius 1 is 1.60 bits per heavy atom. The maximum Gasteiger partial charge on any atom is 0.434 e. The summed E-state index contributed by atoms with van der Waals surface area (Å²) in [6, 6.07) is 0. The van der Waals surface area contributed by atoms with E-state index in [2.05, 4.69) is 10.3 Å². The maximum atomic E-state index is 12.2. The van der Waals surface area contributed by atoms with Crippen LogP contribution >= 0.6 is 0 Å². The molecule has 0 spiro atoms. The van der Waals surface area contributed by atoms with Gasteiger partial charge in [-0.25, -0.2) is 4.98 Å². The molecule has 0 bridgehead atoms. The van der Waals surface area contributed by atoms with Crippen LogP contribution in [0.5, 0.6) is 0 Å². The first kappa shape index (κ1) is 11.5. The fourth-order valence-electron chi connectivity index (χ4n) is 1.12. The van der Waals surface area contributed by atoms with Gasteiger partial charge in [-0.05, 0) is 6.92 Å². The molecule has 4 nitrogen and oxygen atoms in total. The van der Waals surface area contributed by atoms with Crippen molar-refractivity contribution in [1.29, 1.82) is 0 Å². The van der Waals surface area contributed by atoms with E-state index < -0.39 is 11.9 Å². The van der Waals surface area contributed by atoms with Crippen molar-refractivity contribution < 1.29 is 18.0 Å². The number of imidazole rings is 1. The second kappa shape index (κ2) is 4.33. The maximum absolute atomic E-state index is 12.2. The highest BCUT2D eigenvalue weighted by molar-refractivity contribution is 5.45. The molecule has 84 valence electrons. The van der Waals surface area contributed by atoms with Gasteiger partial charge in [0.15, 0.2) is 5.69 Å². The lowest BCUT2D eigenvalue weighted by Gasteiger charge is -2.03. The first-order valence-corrected chi connectivity index (χ1v) is 4.23. The number of aryl methyl sites for hydroxylation is 1. The molecular formula is C8H10F3N3O. The molecule has 0 saturated carbocycles. The summed E-state index contributed by atoms with van der Waals surface area (Å²) in [5, 5.41) is 2.36. The quantitative estimate of drug-likeness (QED) is 0.608. The van der Waals surface area contributed by atoms with E-state index in [1.807, 2.05) is 0 Å². The Hall–Kier alpha value is -1.53. The zero-order valence-corrected chi connectivity index (χ0v) is 8.01. The number of hydrogen-bond acceptors (Lipinski definition) is 2. The van der Waals surface area contributed by atoms with Crippen LogP contribution in [-0.4, -0.2) is 22.5 Å². The van der Waals surface area contributed by atoms with Gasteiger partial charge in [0.2, 0.25) is 6.41 Å². The van der Waals surface area contributed by atoms with Crippen LogP contribution in [0.25, 0.3) is 0 Å². The summed E-state index contributed by atoms with van der Waals surface area (Å²) in [6.45, 7) is 2.03. The smallest absolute Gasteiger partial charge is 0.357 e. The van der Waals surface area contributed by atoms with Gasteiger partial charge in [0.25, 0.3) is 0 Å². The largest absolute Gasteiger partial charge is 0.434 e. The summed E-state index contributed by atoms with van der Waals surface area (Å²) in [5.74, 6) is 0.273. The highest BCUT2D eigenvalue weighted by atomic mass is 19.4. The summed E-state index contributed by atoms with van der Waals surface area (Å²) in [5.41, 5.74) is -0.911. The van der Waals surface area contributed by atoms with Gasteiger partial charge in [-0.15, -0.1) is 0 Å². The predicted molar refractivity (Wildman–Crippen MR) is 46.0 cm³/mol. The van der Waals surface area contributed by atoms with Crippen LogP contribution < -0.4 is 5.32 Å². The molecule has 0 aliphatic carbocycles. The van der Waals surface area contributed by atoms with Gasteiger partial charge in [-0.2, -0.15) is 13.2 Å². The van der Waals surface area contributed by atoms with E-state index in [9.17, 15) is 18.0 Å². The standard InChI is InChI=1S/C8H10F3N3O/c1-6-13-7(8(9,10)11)4-14(6)3-2-12-5-15/h4-5H,2-3H2,1H3,(H,12,15). The Balaban J connectivity index is 2.73. The lowest BCUT2D eigenvalue weighted by atomic mass is 10.5. The van der Waals surface area contributed by atoms with Crippen LogP contribution in [0.2, 0.25) is 0 Å². The molecule has 15 heavy (non-hydrogen) atoms. The number of carbonyl (C=O) groups is 1. The molecule has 1 N–H and O–H groups in total. The molecule has 0 unspecified atom stereocenters. The summed E-state index contributed by atoms with van der Waals surface area (Å²) >= 11 is 0. The van der Waals surface area contributed by atoms with Crippen molar-refractivity contribution in [3.05, 3.63) is 17.7 Å². The second-order valence-electron chi connectivity index (χ2n) is 2.94. The number of aromatic nitrogens is 2. The zero-order valence-electron chi connectivity index (χ0n) is 8.01. The van der Waals surface area contributed by atoms with Gasteiger partial charge in [0.05, 0.1) is 0 Å². The van der Waals surface area contributed by atoms with E-state index in [1.165, 1.54) is 11.5 Å². The number of amides is 1. The summed E-state index contributed by atoms with van der Waals surface area (Å²) in [4.78, 5) is 13.3. The molecule has 0 radical (unpaired) electrons. The van der Waals surface area contributed by atoms with Crippen molar-refractivity contribution in [3.63, 3.8) is 0 Å². The highest BCUT2D eigenvalue weighted by Gasteiger charge is 2.34. The van der Waals surface area contributed by atoms with Crippen molar-refractivity contribution >= 4 is 6.41 Å². The summed E-state index contributed by atoms with van der Waals surface area (Å²) < 4.78 is 38.0. The van der Waals surface area contributed by atoms with E-state index in [0.717, 1.165) is 6.20 Å². The Bertz CT molecular complexity index is 345. The monoisotopic (exact) mass is 221 g/mol. The molecule has 0 fully saturated rings. The number of alkyl halides is 3. The third-order valence-corrected chi connectivity index (χ3v) is 1.85. The molecule has 0 saturated heterocycles. The number of hydrogen-bond donors (Lipinski definition) is 1. The summed E-state index contributed by atoms with van der Waals surface area (Å²) in [6.07, 6.45) is -2.99. The SMILES string of the molecule is Cc1nc(C(F)(F)F)cn1CCNC=O. The Morgan fingerprint density at radius 2 is 2.27 bits per heavy atom. The number of halogens is 3. The summed E-state index contributed by atoms with van der Waals surface area (Å²) in [7, 11) is 0. The Kier molecular flexibility index (Phi) is 3.33. The minimum absolute atomic E-state index is 0.271. The van der Waals surface area contributed by atoms with E-state index >= 15 is 0 Å². The zero-order chi connectivity index (χ0) is 11.5. The minimum Gasteiger partial charge on any atom is -0.357 e. The van der Waals surface area contributed by atoms with Crippen LogP contribution in [-0.2, 0) is 17.5 Å². The average Bonchev–Trinajstić information content (AvgIpc) is 2.48. The van der Waals surface area contributed by atoms with Crippen molar-refractivity contribution in [1.82, 2.24) is 14.9 Å².